The Labute approximate surface area is 186 Å². The van der Waals surface area contributed by atoms with Crippen LogP contribution < -0.4 is 5.32 Å². The molecular formula is C26H27BrN2O. The summed E-state index contributed by atoms with van der Waals surface area (Å²) in [5.41, 5.74) is 5.71. The van der Waals surface area contributed by atoms with Gasteiger partial charge in [0, 0.05) is 21.0 Å². The van der Waals surface area contributed by atoms with Crippen molar-refractivity contribution >= 4 is 32.7 Å². The summed E-state index contributed by atoms with van der Waals surface area (Å²) >= 11 is 3.58. The average molecular weight is 463 g/mol. The number of hydrogen-bond donors (Lipinski definition) is 1. The van der Waals surface area contributed by atoms with Gasteiger partial charge in [-0.2, -0.15) is 0 Å². The molecule has 2 bridgehead atoms. The van der Waals surface area contributed by atoms with Crippen LogP contribution >= 0.6 is 15.9 Å². The SMILES string of the molecule is Cc1ccccc1-c1nc2ccc(Br)cc2c(C(=O)NC23CCC(CC2)CC3)c1C. The number of amides is 1. The molecule has 3 saturated carbocycles. The highest BCUT2D eigenvalue weighted by molar-refractivity contribution is 9.10. The second-order valence-corrected chi connectivity index (χ2v) is 10.1. The minimum Gasteiger partial charge on any atom is -0.347 e. The number of aryl methyl sites for hydroxylation is 1. The topological polar surface area (TPSA) is 42.0 Å². The van der Waals surface area contributed by atoms with Crippen molar-refractivity contribution in [1.82, 2.24) is 10.3 Å². The van der Waals surface area contributed by atoms with Crippen LogP contribution in [0.4, 0.5) is 0 Å². The Hall–Kier alpha value is -2.20. The van der Waals surface area contributed by atoms with Crippen molar-refractivity contribution in [2.45, 2.75) is 57.9 Å². The maximum Gasteiger partial charge on any atom is 0.252 e. The first kappa shape index (κ1) is 19.7. The molecule has 30 heavy (non-hydrogen) atoms. The van der Waals surface area contributed by atoms with Gasteiger partial charge in [0.25, 0.3) is 5.91 Å². The van der Waals surface area contributed by atoms with Crippen molar-refractivity contribution in [3.8, 4) is 11.3 Å². The Morgan fingerprint density at radius 2 is 1.77 bits per heavy atom. The molecule has 0 radical (unpaired) electrons. The Bertz CT molecular complexity index is 1130. The predicted octanol–water partition coefficient (Wildman–Crippen LogP) is 6.73. The molecule has 1 amide bonds. The molecule has 4 heteroatoms. The number of nitrogens with one attached hydrogen (secondary N) is 1. The normalized spacial score (nSPS) is 23.0. The van der Waals surface area contributed by atoms with Crippen molar-refractivity contribution in [1.29, 1.82) is 0 Å². The lowest BCUT2D eigenvalue weighted by Crippen LogP contribution is -2.53. The molecule has 2 aromatic carbocycles. The second kappa shape index (κ2) is 7.49. The zero-order chi connectivity index (χ0) is 20.9. The molecule has 0 spiro atoms. The fourth-order valence-electron chi connectivity index (χ4n) is 5.46. The number of carbonyl (C=O) groups excluding carboxylic acids is 1. The maximum absolute atomic E-state index is 13.8. The van der Waals surface area contributed by atoms with Gasteiger partial charge in [-0.05, 0) is 87.6 Å². The summed E-state index contributed by atoms with van der Waals surface area (Å²) in [6.45, 7) is 4.14. The molecule has 0 aliphatic heterocycles. The van der Waals surface area contributed by atoms with Crippen molar-refractivity contribution in [3.05, 3.63) is 63.6 Å². The average Bonchev–Trinajstić information content (AvgIpc) is 2.75. The first-order valence-corrected chi connectivity index (χ1v) is 11.7. The smallest absolute Gasteiger partial charge is 0.252 e. The third kappa shape index (κ3) is 3.35. The summed E-state index contributed by atoms with van der Waals surface area (Å²) in [6, 6.07) is 14.3. The van der Waals surface area contributed by atoms with Gasteiger partial charge < -0.3 is 5.32 Å². The largest absolute Gasteiger partial charge is 0.347 e. The fourth-order valence-corrected chi connectivity index (χ4v) is 5.83. The highest BCUT2D eigenvalue weighted by Crippen LogP contribution is 2.44. The molecule has 0 saturated heterocycles. The van der Waals surface area contributed by atoms with Gasteiger partial charge in [-0.3, -0.25) is 4.79 Å². The summed E-state index contributed by atoms with van der Waals surface area (Å²) in [4.78, 5) is 18.7. The fraction of sp³-hybridized carbons (Fsp3) is 0.385. The van der Waals surface area contributed by atoms with Crippen molar-refractivity contribution in [2.75, 3.05) is 0 Å². The number of halogens is 1. The number of carbonyl (C=O) groups is 1. The van der Waals surface area contributed by atoms with Crippen LogP contribution in [0.1, 0.15) is 60.0 Å². The summed E-state index contributed by atoms with van der Waals surface area (Å²) < 4.78 is 0.963. The van der Waals surface area contributed by atoms with E-state index in [2.05, 4.69) is 40.3 Å². The van der Waals surface area contributed by atoms with Crippen molar-refractivity contribution in [3.63, 3.8) is 0 Å². The standard InChI is InChI=1S/C26H27BrN2O/c1-16-5-3-4-6-20(16)24-17(2)23(21-15-19(27)7-8-22(21)28-24)25(30)29-26-12-9-18(10-13-26)11-14-26/h3-8,15,18H,9-14H2,1-2H3,(H,29,30). The molecular weight excluding hydrogens is 436 g/mol. The van der Waals surface area contributed by atoms with Gasteiger partial charge >= 0.3 is 0 Å². The van der Waals surface area contributed by atoms with Crippen LogP contribution in [0.2, 0.25) is 0 Å². The van der Waals surface area contributed by atoms with Crippen LogP contribution in [0.25, 0.3) is 22.2 Å². The van der Waals surface area contributed by atoms with E-state index < -0.39 is 0 Å². The Balaban J connectivity index is 1.66. The monoisotopic (exact) mass is 462 g/mol. The number of fused-ring (bicyclic) bond motifs is 4. The molecule has 1 N–H and O–H groups in total. The number of pyridine rings is 1. The van der Waals surface area contributed by atoms with Gasteiger partial charge in [0.05, 0.1) is 16.8 Å². The minimum atomic E-state index is -0.0251. The van der Waals surface area contributed by atoms with E-state index in [1.165, 1.54) is 24.8 Å². The van der Waals surface area contributed by atoms with Crippen LogP contribution in [0.15, 0.2) is 46.9 Å². The Morgan fingerprint density at radius 3 is 2.47 bits per heavy atom. The lowest BCUT2D eigenvalue weighted by molar-refractivity contribution is 0.0715. The molecule has 0 unspecified atom stereocenters. The highest BCUT2D eigenvalue weighted by atomic mass is 79.9. The summed E-state index contributed by atoms with van der Waals surface area (Å²) in [6.07, 6.45) is 7.07. The molecule has 3 fully saturated rings. The number of rotatable bonds is 3. The minimum absolute atomic E-state index is 0.0251. The molecule has 3 aliphatic rings. The van der Waals surface area contributed by atoms with E-state index in [-0.39, 0.29) is 11.4 Å². The second-order valence-electron chi connectivity index (χ2n) is 9.15. The van der Waals surface area contributed by atoms with E-state index in [0.717, 1.165) is 62.9 Å². The molecule has 1 heterocycles. The number of nitrogens with zero attached hydrogens (tertiary/aromatic N) is 1. The van der Waals surface area contributed by atoms with Crippen LogP contribution in [0, 0.1) is 19.8 Å². The van der Waals surface area contributed by atoms with E-state index in [4.69, 9.17) is 4.98 Å². The number of aromatic nitrogens is 1. The van der Waals surface area contributed by atoms with E-state index in [0.29, 0.717) is 0 Å². The Morgan fingerprint density at radius 1 is 1.07 bits per heavy atom. The Kier molecular flexibility index (Phi) is 4.93. The molecule has 3 nitrogen and oxygen atoms in total. The van der Waals surface area contributed by atoms with E-state index in [1.54, 1.807) is 0 Å². The molecule has 3 aliphatic carbocycles. The lowest BCUT2D eigenvalue weighted by atomic mass is 9.65. The zero-order valence-electron chi connectivity index (χ0n) is 17.6. The quantitative estimate of drug-likeness (QED) is 0.468. The van der Waals surface area contributed by atoms with Gasteiger partial charge in [0.1, 0.15) is 0 Å². The predicted molar refractivity (Wildman–Crippen MR) is 126 cm³/mol. The van der Waals surface area contributed by atoms with E-state index >= 15 is 0 Å². The van der Waals surface area contributed by atoms with Gasteiger partial charge in [-0.15, -0.1) is 0 Å². The zero-order valence-corrected chi connectivity index (χ0v) is 19.2. The van der Waals surface area contributed by atoms with Crippen LogP contribution in [-0.4, -0.2) is 16.4 Å². The third-order valence-electron chi connectivity index (χ3n) is 7.29. The number of hydrogen-bond acceptors (Lipinski definition) is 2. The molecule has 154 valence electrons. The molecule has 1 aromatic heterocycles. The van der Waals surface area contributed by atoms with Gasteiger partial charge in [-0.1, -0.05) is 40.2 Å². The van der Waals surface area contributed by atoms with Crippen LogP contribution in [0.5, 0.6) is 0 Å². The van der Waals surface area contributed by atoms with Crippen molar-refractivity contribution < 1.29 is 4.79 Å². The summed E-state index contributed by atoms with van der Waals surface area (Å²) in [5.74, 6) is 0.920. The molecule has 6 rings (SSSR count). The third-order valence-corrected chi connectivity index (χ3v) is 7.78. The van der Waals surface area contributed by atoms with Crippen LogP contribution in [0.3, 0.4) is 0 Å². The van der Waals surface area contributed by atoms with E-state index in [1.807, 2.05) is 37.3 Å². The van der Waals surface area contributed by atoms with Gasteiger partial charge in [-0.25, -0.2) is 4.98 Å². The number of benzene rings is 2. The van der Waals surface area contributed by atoms with Crippen molar-refractivity contribution in [2.24, 2.45) is 5.92 Å². The molecule has 0 atom stereocenters. The van der Waals surface area contributed by atoms with Crippen LogP contribution in [-0.2, 0) is 0 Å². The summed E-state index contributed by atoms with van der Waals surface area (Å²) in [5, 5.41) is 4.41. The molecule has 3 aromatic rings. The van der Waals surface area contributed by atoms with Gasteiger partial charge in [0.15, 0.2) is 0 Å². The first-order valence-electron chi connectivity index (χ1n) is 10.9. The van der Waals surface area contributed by atoms with Gasteiger partial charge in [0.2, 0.25) is 0 Å². The maximum atomic E-state index is 13.8. The summed E-state index contributed by atoms with van der Waals surface area (Å²) in [7, 11) is 0. The van der Waals surface area contributed by atoms with E-state index in [9.17, 15) is 4.79 Å². The lowest BCUT2D eigenvalue weighted by Gasteiger charge is -2.47. The highest BCUT2D eigenvalue weighted by Gasteiger charge is 2.41. The first-order chi connectivity index (χ1) is 14.5.